The highest BCUT2D eigenvalue weighted by molar-refractivity contribution is 5.84. The number of carbonyl (C=O) groups excluding carboxylic acids is 1. The molecule has 0 bridgehead atoms. The van der Waals surface area contributed by atoms with Gasteiger partial charge in [0.25, 0.3) is 0 Å². The first-order chi connectivity index (χ1) is 7.37. The van der Waals surface area contributed by atoms with E-state index in [1.807, 2.05) is 13.8 Å². The van der Waals surface area contributed by atoms with Crippen molar-refractivity contribution in [1.82, 2.24) is 5.32 Å². The van der Waals surface area contributed by atoms with Crippen LogP contribution in [0.5, 0.6) is 0 Å². The van der Waals surface area contributed by atoms with Gasteiger partial charge in [-0.25, -0.2) is 0 Å². The van der Waals surface area contributed by atoms with Gasteiger partial charge in [0.1, 0.15) is 5.54 Å². The molecular formula is C12H24N2O2. The molecule has 0 aromatic rings. The second kappa shape index (κ2) is 5.15. The number of hydrogen-bond donors (Lipinski definition) is 2. The molecular weight excluding hydrogens is 204 g/mol. The highest BCUT2D eigenvalue weighted by Crippen LogP contribution is 2.29. The molecule has 1 saturated heterocycles. The number of primary amides is 1. The van der Waals surface area contributed by atoms with E-state index >= 15 is 0 Å². The summed E-state index contributed by atoms with van der Waals surface area (Å²) in [7, 11) is 0. The van der Waals surface area contributed by atoms with E-state index in [0.717, 1.165) is 0 Å². The predicted molar refractivity (Wildman–Crippen MR) is 64.0 cm³/mol. The van der Waals surface area contributed by atoms with Gasteiger partial charge >= 0.3 is 0 Å². The molecule has 1 fully saturated rings. The van der Waals surface area contributed by atoms with E-state index in [1.165, 1.54) is 0 Å². The van der Waals surface area contributed by atoms with Crippen molar-refractivity contribution >= 4 is 5.91 Å². The normalized spacial score (nSPS) is 31.0. The van der Waals surface area contributed by atoms with Crippen LogP contribution in [0.3, 0.4) is 0 Å². The van der Waals surface area contributed by atoms with Gasteiger partial charge in [-0.2, -0.15) is 0 Å². The van der Waals surface area contributed by atoms with Crippen molar-refractivity contribution in [2.24, 2.45) is 11.7 Å². The summed E-state index contributed by atoms with van der Waals surface area (Å²) in [4.78, 5) is 11.7. The Labute approximate surface area is 97.9 Å². The smallest absolute Gasteiger partial charge is 0.237 e. The Morgan fingerprint density at radius 3 is 2.50 bits per heavy atom. The summed E-state index contributed by atoms with van der Waals surface area (Å²) in [6.45, 7) is 8.88. The van der Waals surface area contributed by atoms with E-state index in [4.69, 9.17) is 10.5 Å². The molecule has 0 spiro atoms. The number of rotatable bonds is 4. The average Bonchev–Trinajstić information content (AvgIpc) is 2.16. The molecule has 0 aromatic carbocycles. The van der Waals surface area contributed by atoms with Crippen molar-refractivity contribution in [3.8, 4) is 0 Å². The Kier molecular flexibility index (Phi) is 4.33. The fourth-order valence-corrected chi connectivity index (χ4v) is 2.30. The average molecular weight is 228 g/mol. The maximum Gasteiger partial charge on any atom is 0.237 e. The van der Waals surface area contributed by atoms with Gasteiger partial charge in [-0.3, -0.25) is 4.79 Å². The van der Waals surface area contributed by atoms with Crippen molar-refractivity contribution < 1.29 is 9.53 Å². The Bertz CT molecular complexity index is 253. The van der Waals surface area contributed by atoms with Crippen LogP contribution < -0.4 is 11.1 Å². The topological polar surface area (TPSA) is 64.3 Å². The molecule has 2 unspecified atom stereocenters. The monoisotopic (exact) mass is 228 g/mol. The van der Waals surface area contributed by atoms with Crippen LogP contribution in [-0.4, -0.2) is 30.2 Å². The Morgan fingerprint density at radius 1 is 1.44 bits per heavy atom. The molecule has 0 saturated carbocycles. The Balaban J connectivity index is 2.80. The maximum absolute atomic E-state index is 11.7. The van der Waals surface area contributed by atoms with Gasteiger partial charge in [0.2, 0.25) is 5.91 Å². The number of ether oxygens (including phenoxy) is 1. The van der Waals surface area contributed by atoms with Gasteiger partial charge < -0.3 is 15.8 Å². The van der Waals surface area contributed by atoms with Crippen LogP contribution in [0.1, 0.15) is 40.5 Å². The van der Waals surface area contributed by atoms with E-state index in [2.05, 4.69) is 19.2 Å². The molecule has 1 amide bonds. The molecule has 4 nitrogen and oxygen atoms in total. The number of nitrogens with two attached hydrogens (primary N) is 1. The fourth-order valence-electron chi connectivity index (χ4n) is 2.30. The van der Waals surface area contributed by atoms with Gasteiger partial charge in [0, 0.05) is 19.1 Å². The van der Waals surface area contributed by atoms with Crippen LogP contribution in [0.2, 0.25) is 0 Å². The fraction of sp³-hybridized carbons (Fsp3) is 0.917. The first kappa shape index (κ1) is 13.5. The minimum absolute atomic E-state index is 0.118. The molecule has 2 atom stereocenters. The third-order valence-corrected chi connectivity index (χ3v) is 3.19. The van der Waals surface area contributed by atoms with E-state index in [-0.39, 0.29) is 18.1 Å². The molecule has 0 radical (unpaired) electrons. The maximum atomic E-state index is 11.7. The minimum atomic E-state index is -0.582. The second-order valence-electron chi connectivity index (χ2n) is 5.35. The molecule has 0 aromatic heterocycles. The molecule has 1 aliphatic rings. The van der Waals surface area contributed by atoms with Gasteiger partial charge in [-0.05, 0) is 26.2 Å². The van der Waals surface area contributed by atoms with Crippen LogP contribution in [0.4, 0.5) is 0 Å². The number of nitrogens with one attached hydrogen (secondary N) is 1. The van der Waals surface area contributed by atoms with Crippen molar-refractivity contribution in [3.63, 3.8) is 0 Å². The van der Waals surface area contributed by atoms with Crippen molar-refractivity contribution in [1.29, 1.82) is 0 Å². The highest BCUT2D eigenvalue weighted by atomic mass is 16.5. The van der Waals surface area contributed by atoms with E-state index < -0.39 is 5.54 Å². The Morgan fingerprint density at radius 2 is 2.06 bits per heavy atom. The second-order valence-corrected chi connectivity index (χ2v) is 5.35. The first-order valence-corrected chi connectivity index (χ1v) is 6.06. The third kappa shape index (κ3) is 2.95. The SMILES string of the molecule is CC(C)NC1(C(N)=O)CCOC(C(C)C)C1. The van der Waals surface area contributed by atoms with Gasteiger partial charge in [-0.15, -0.1) is 0 Å². The van der Waals surface area contributed by atoms with Crippen molar-refractivity contribution in [2.75, 3.05) is 6.61 Å². The predicted octanol–water partition coefficient (Wildman–Crippen LogP) is 1.04. The van der Waals surface area contributed by atoms with Crippen LogP contribution in [0.15, 0.2) is 0 Å². The number of hydrogen-bond acceptors (Lipinski definition) is 3. The lowest BCUT2D eigenvalue weighted by atomic mass is 9.82. The zero-order chi connectivity index (χ0) is 12.3. The summed E-state index contributed by atoms with van der Waals surface area (Å²) in [6.07, 6.45) is 1.47. The lowest BCUT2D eigenvalue weighted by Gasteiger charge is -2.41. The van der Waals surface area contributed by atoms with Gasteiger partial charge in [0.15, 0.2) is 0 Å². The van der Waals surface area contributed by atoms with Crippen molar-refractivity contribution in [2.45, 2.75) is 58.2 Å². The van der Waals surface area contributed by atoms with E-state index in [9.17, 15) is 4.79 Å². The summed E-state index contributed by atoms with van der Waals surface area (Å²) in [5.41, 5.74) is 4.97. The summed E-state index contributed by atoms with van der Waals surface area (Å²) in [6, 6.07) is 0.249. The zero-order valence-electron chi connectivity index (χ0n) is 10.7. The summed E-state index contributed by atoms with van der Waals surface area (Å²) in [5, 5.41) is 3.32. The summed E-state index contributed by atoms with van der Waals surface area (Å²) >= 11 is 0. The summed E-state index contributed by atoms with van der Waals surface area (Å²) < 4.78 is 5.68. The number of carbonyl (C=O) groups is 1. The molecule has 4 heteroatoms. The molecule has 1 rings (SSSR count). The van der Waals surface area contributed by atoms with Gasteiger partial charge in [-0.1, -0.05) is 13.8 Å². The van der Waals surface area contributed by atoms with E-state index in [0.29, 0.717) is 25.4 Å². The number of amides is 1. The molecule has 1 heterocycles. The first-order valence-electron chi connectivity index (χ1n) is 6.06. The quantitative estimate of drug-likeness (QED) is 0.755. The van der Waals surface area contributed by atoms with Crippen LogP contribution in [-0.2, 0) is 9.53 Å². The van der Waals surface area contributed by atoms with Crippen LogP contribution in [0.25, 0.3) is 0 Å². The zero-order valence-corrected chi connectivity index (χ0v) is 10.7. The molecule has 3 N–H and O–H groups in total. The standard InChI is InChI=1S/C12H24N2O2/c1-8(2)10-7-12(11(13)15,5-6-16-10)14-9(3)4/h8-10,14H,5-7H2,1-4H3,(H2,13,15). The van der Waals surface area contributed by atoms with Gasteiger partial charge in [0.05, 0.1) is 6.10 Å². The molecule has 0 aliphatic carbocycles. The molecule has 94 valence electrons. The van der Waals surface area contributed by atoms with E-state index in [1.54, 1.807) is 0 Å². The molecule has 1 aliphatic heterocycles. The van der Waals surface area contributed by atoms with Crippen LogP contribution >= 0.6 is 0 Å². The lowest BCUT2D eigenvalue weighted by molar-refractivity contribution is -0.133. The highest BCUT2D eigenvalue weighted by Gasteiger charge is 2.42. The molecule has 16 heavy (non-hydrogen) atoms. The Hall–Kier alpha value is -0.610. The third-order valence-electron chi connectivity index (χ3n) is 3.19. The van der Waals surface area contributed by atoms with Crippen molar-refractivity contribution in [3.05, 3.63) is 0 Å². The van der Waals surface area contributed by atoms with Crippen LogP contribution in [0, 0.1) is 5.92 Å². The largest absolute Gasteiger partial charge is 0.378 e. The lowest BCUT2D eigenvalue weighted by Crippen LogP contribution is -2.62. The minimum Gasteiger partial charge on any atom is -0.378 e. The summed E-state index contributed by atoms with van der Waals surface area (Å²) in [5.74, 6) is 0.156.